The summed E-state index contributed by atoms with van der Waals surface area (Å²) in [6.45, 7) is 1.49. The van der Waals surface area contributed by atoms with E-state index in [-0.39, 0.29) is 5.78 Å². The second-order valence-electron chi connectivity index (χ2n) is 4.36. The van der Waals surface area contributed by atoms with Crippen LogP contribution in [0.2, 0.25) is 0 Å². The number of nitrogens with two attached hydrogens (primary N) is 1. The van der Waals surface area contributed by atoms with E-state index in [1.54, 1.807) is 12.1 Å². The van der Waals surface area contributed by atoms with E-state index in [4.69, 9.17) is 10.2 Å². The van der Waals surface area contributed by atoms with Crippen LogP contribution in [0.1, 0.15) is 17.3 Å². The van der Waals surface area contributed by atoms with Crippen LogP contribution in [0, 0.1) is 0 Å². The lowest BCUT2D eigenvalue weighted by Gasteiger charge is -1.98. The molecule has 2 N–H and O–H groups in total. The fourth-order valence-corrected chi connectivity index (χ4v) is 2.02. The second-order valence-corrected chi connectivity index (χ2v) is 4.36. The number of benzene rings is 2. The summed E-state index contributed by atoms with van der Waals surface area (Å²) in [5.74, 6) is 0.400. The summed E-state index contributed by atoms with van der Waals surface area (Å²) in [5, 5.41) is 0. The standard InChI is InChI=1S/C15H12N2O2/c1-9(18)12-7-11(16)8-13-14(12)19-15(17-13)10-5-3-2-4-6-10/h2-8H,16H2,1H3. The zero-order valence-electron chi connectivity index (χ0n) is 10.4. The zero-order chi connectivity index (χ0) is 13.4. The third-order valence-corrected chi connectivity index (χ3v) is 2.91. The number of aromatic nitrogens is 1. The lowest BCUT2D eigenvalue weighted by atomic mass is 10.1. The SMILES string of the molecule is CC(=O)c1cc(N)cc2nc(-c3ccccc3)oc12. The molecule has 0 radical (unpaired) electrons. The van der Waals surface area contributed by atoms with Crippen LogP contribution in [-0.2, 0) is 0 Å². The van der Waals surface area contributed by atoms with Crippen LogP contribution in [0.25, 0.3) is 22.6 Å². The van der Waals surface area contributed by atoms with Crippen molar-refractivity contribution in [2.45, 2.75) is 6.92 Å². The maximum atomic E-state index is 11.6. The van der Waals surface area contributed by atoms with E-state index in [0.29, 0.717) is 28.2 Å². The first-order valence-electron chi connectivity index (χ1n) is 5.91. The second kappa shape index (κ2) is 4.24. The molecule has 1 heterocycles. The van der Waals surface area contributed by atoms with Gasteiger partial charge >= 0.3 is 0 Å². The van der Waals surface area contributed by atoms with Crippen LogP contribution >= 0.6 is 0 Å². The Hall–Kier alpha value is -2.62. The monoisotopic (exact) mass is 252 g/mol. The number of carbonyl (C=O) groups is 1. The minimum Gasteiger partial charge on any atom is -0.435 e. The Bertz CT molecular complexity index is 760. The van der Waals surface area contributed by atoms with Gasteiger partial charge in [0.05, 0.1) is 5.56 Å². The summed E-state index contributed by atoms with van der Waals surface area (Å²) in [7, 11) is 0. The lowest BCUT2D eigenvalue weighted by Crippen LogP contribution is -1.95. The summed E-state index contributed by atoms with van der Waals surface area (Å²) in [6.07, 6.45) is 0. The van der Waals surface area contributed by atoms with Gasteiger partial charge in [0.1, 0.15) is 5.52 Å². The molecule has 2 aromatic carbocycles. The van der Waals surface area contributed by atoms with Crippen molar-refractivity contribution in [3.8, 4) is 11.5 Å². The Balaban J connectivity index is 2.26. The van der Waals surface area contributed by atoms with Crippen LogP contribution in [0.5, 0.6) is 0 Å². The van der Waals surface area contributed by atoms with E-state index in [1.165, 1.54) is 6.92 Å². The van der Waals surface area contributed by atoms with E-state index in [1.807, 2.05) is 30.3 Å². The van der Waals surface area contributed by atoms with Crippen molar-refractivity contribution in [2.75, 3.05) is 5.73 Å². The minimum atomic E-state index is -0.0898. The van der Waals surface area contributed by atoms with E-state index >= 15 is 0 Å². The molecule has 0 aliphatic carbocycles. The highest BCUT2D eigenvalue weighted by molar-refractivity contribution is 6.05. The van der Waals surface area contributed by atoms with Gasteiger partial charge in [-0.05, 0) is 31.2 Å². The molecule has 0 bridgehead atoms. The van der Waals surface area contributed by atoms with Gasteiger partial charge in [-0.3, -0.25) is 4.79 Å². The summed E-state index contributed by atoms with van der Waals surface area (Å²) in [5.41, 5.74) is 8.70. The van der Waals surface area contributed by atoms with Crippen molar-refractivity contribution in [1.82, 2.24) is 4.98 Å². The highest BCUT2D eigenvalue weighted by Crippen LogP contribution is 2.28. The van der Waals surface area contributed by atoms with Gasteiger partial charge in [-0.2, -0.15) is 0 Å². The van der Waals surface area contributed by atoms with Gasteiger partial charge in [-0.1, -0.05) is 18.2 Å². The fraction of sp³-hybridized carbons (Fsp3) is 0.0667. The Morgan fingerprint density at radius 3 is 2.63 bits per heavy atom. The van der Waals surface area contributed by atoms with Gasteiger partial charge in [0, 0.05) is 11.3 Å². The molecular formula is C15H12N2O2. The number of anilines is 1. The first-order valence-corrected chi connectivity index (χ1v) is 5.91. The third kappa shape index (κ3) is 1.97. The lowest BCUT2D eigenvalue weighted by molar-refractivity contribution is 0.101. The number of oxazole rings is 1. The van der Waals surface area contributed by atoms with Gasteiger partial charge in [-0.25, -0.2) is 4.98 Å². The van der Waals surface area contributed by atoms with Crippen LogP contribution < -0.4 is 5.73 Å². The summed E-state index contributed by atoms with van der Waals surface area (Å²) in [6, 6.07) is 12.9. The van der Waals surface area contributed by atoms with Crippen molar-refractivity contribution >= 4 is 22.6 Å². The molecule has 0 unspecified atom stereocenters. The molecule has 0 spiro atoms. The molecule has 94 valence electrons. The largest absolute Gasteiger partial charge is 0.435 e. The minimum absolute atomic E-state index is 0.0898. The summed E-state index contributed by atoms with van der Waals surface area (Å²) in [4.78, 5) is 16.0. The van der Waals surface area contributed by atoms with Crippen LogP contribution in [-0.4, -0.2) is 10.8 Å². The number of fused-ring (bicyclic) bond motifs is 1. The Morgan fingerprint density at radius 1 is 1.21 bits per heavy atom. The zero-order valence-corrected chi connectivity index (χ0v) is 10.4. The molecule has 3 rings (SSSR count). The van der Waals surface area contributed by atoms with E-state index in [0.717, 1.165) is 5.56 Å². The average Bonchev–Trinajstić information content (AvgIpc) is 2.82. The van der Waals surface area contributed by atoms with E-state index in [9.17, 15) is 4.79 Å². The fourth-order valence-electron chi connectivity index (χ4n) is 2.02. The summed E-state index contributed by atoms with van der Waals surface area (Å²) < 4.78 is 5.71. The van der Waals surface area contributed by atoms with Gasteiger partial charge in [-0.15, -0.1) is 0 Å². The molecule has 4 nitrogen and oxygen atoms in total. The molecule has 0 fully saturated rings. The van der Waals surface area contributed by atoms with Gasteiger partial charge in [0.15, 0.2) is 11.4 Å². The Labute approximate surface area is 109 Å². The number of carbonyl (C=O) groups excluding carboxylic acids is 1. The van der Waals surface area contributed by atoms with Gasteiger partial charge < -0.3 is 10.2 Å². The average molecular weight is 252 g/mol. The topological polar surface area (TPSA) is 69.1 Å². The van der Waals surface area contributed by atoms with Crippen LogP contribution in [0.3, 0.4) is 0 Å². The number of Topliss-reactive ketones (excluding diaryl/α,β-unsaturated/α-hetero) is 1. The Morgan fingerprint density at radius 2 is 1.95 bits per heavy atom. The number of hydrogen-bond donors (Lipinski definition) is 1. The maximum Gasteiger partial charge on any atom is 0.227 e. The van der Waals surface area contributed by atoms with E-state index in [2.05, 4.69) is 4.98 Å². The van der Waals surface area contributed by atoms with Crippen molar-refractivity contribution in [3.63, 3.8) is 0 Å². The number of rotatable bonds is 2. The van der Waals surface area contributed by atoms with Crippen molar-refractivity contribution in [2.24, 2.45) is 0 Å². The number of hydrogen-bond acceptors (Lipinski definition) is 4. The maximum absolute atomic E-state index is 11.6. The molecule has 19 heavy (non-hydrogen) atoms. The number of nitrogens with zero attached hydrogens (tertiary/aromatic N) is 1. The molecule has 4 heteroatoms. The number of nitrogen functional groups attached to an aromatic ring is 1. The highest BCUT2D eigenvalue weighted by Gasteiger charge is 2.15. The normalized spacial score (nSPS) is 10.8. The van der Waals surface area contributed by atoms with Crippen LogP contribution in [0.15, 0.2) is 46.9 Å². The predicted molar refractivity (Wildman–Crippen MR) is 73.9 cm³/mol. The van der Waals surface area contributed by atoms with Crippen LogP contribution in [0.4, 0.5) is 5.69 Å². The highest BCUT2D eigenvalue weighted by atomic mass is 16.3. The van der Waals surface area contributed by atoms with E-state index < -0.39 is 0 Å². The predicted octanol–water partition coefficient (Wildman–Crippen LogP) is 3.28. The van der Waals surface area contributed by atoms with Crippen molar-refractivity contribution < 1.29 is 9.21 Å². The molecule has 0 amide bonds. The molecular weight excluding hydrogens is 240 g/mol. The molecule has 0 atom stereocenters. The van der Waals surface area contributed by atoms with Crippen molar-refractivity contribution in [3.05, 3.63) is 48.0 Å². The summed E-state index contributed by atoms with van der Waals surface area (Å²) >= 11 is 0. The molecule has 0 aliphatic heterocycles. The number of ketones is 1. The smallest absolute Gasteiger partial charge is 0.227 e. The first kappa shape index (κ1) is 11.5. The molecule has 0 saturated heterocycles. The van der Waals surface area contributed by atoms with Crippen molar-refractivity contribution in [1.29, 1.82) is 0 Å². The van der Waals surface area contributed by atoms with Gasteiger partial charge in [0.2, 0.25) is 5.89 Å². The molecule has 0 aliphatic rings. The van der Waals surface area contributed by atoms with Gasteiger partial charge in [0.25, 0.3) is 0 Å². The Kier molecular flexibility index (Phi) is 2.56. The molecule has 0 saturated carbocycles. The third-order valence-electron chi connectivity index (χ3n) is 2.91. The quantitative estimate of drug-likeness (QED) is 0.561. The first-order chi connectivity index (χ1) is 9.15. The molecule has 3 aromatic rings. The molecule has 1 aromatic heterocycles.